The lowest BCUT2D eigenvalue weighted by Crippen LogP contribution is -2.65. The molecule has 1 saturated carbocycles. The number of ether oxygens (including phenoxy) is 1. The minimum atomic E-state index is 0.0405. The van der Waals surface area contributed by atoms with Gasteiger partial charge >= 0.3 is 0 Å². The molecule has 4 heteroatoms. The van der Waals surface area contributed by atoms with Gasteiger partial charge in [-0.1, -0.05) is 6.42 Å². The van der Waals surface area contributed by atoms with Crippen LogP contribution in [0.5, 0.6) is 0 Å². The fourth-order valence-electron chi connectivity index (χ4n) is 3.76. The number of nitrogens with zero attached hydrogens (tertiary/aromatic N) is 1. The van der Waals surface area contributed by atoms with E-state index in [0.29, 0.717) is 24.7 Å². The first-order valence-electron chi connectivity index (χ1n) is 7.89. The van der Waals surface area contributed by atoms with Crippen LogP contribution in [-0.4, -0.2) is 42.4 Å². The van der Waals surface area contributed by atoms with Crippen molar-refractivity contribution >= 4 is 0 Å². The summed E-state index contributed by atoms with van der Waals surface area (Å²) in [6.45, 7) is 5.34. The molecule has 0 bridgehead atoms. The Balaban J connectivity index is 2.04. The van der Waals surface area contributed by atoms with Crippen molar-refractivity contribution in [2.24, 2.45) is 5.73 Å². The van der Waals surface area contributed by atoms with Crippen LogP contribution in [0.3, 0.4) is 0 Å². The molecule has 1 aliphatic heterocycles. The molecule has 3 N–H and O–H groups in total. The summed E-state index contributed by atoms with van der Waals surface area (Å²) >= 11 is 0. The molecule has 19 heavy (non-hydrogen) atoms. The highest BCUT2D eigenvalue weighted by Gasteiger charge is 2.39. The van der Waals surface area contributed by atoms with E-state index in [1.54, 1.807) is 0 Å². The number of nitrogens with one attached hydrogen (secondary N) is 1. The van der Waals surface area contributed by atoms with Gasteiger partial charge < -0.3 is 10.5 Å². The maximum Gasteiger partial charge on any atom is 0.0590 e. The third-order valence-electron chi connectivity index (χ3n) is 5.08. The first kappa shape index (κ1) is 15.2. The van der Waals surface area contributed by atoms with Crippen molar-refractivity contribution in [3.05, 3.63) is 0 Å². The van der Waals surface area contributed by atoms with Gasteiger partial charge in [-0.05, 0) is 52.4 Å². The monoisotopic (exact) mass is 269 g/mol. The summed E-state index contributed by atoms with van der Waals surface area (Å²) in [7, 11) is 1.82. The molecule has 2 rings (SSSR count). The number of hydrazine groups is 1. The molecule has 2 aliphatic rings. The number of hydrogen-bond donors (Lipinski definition) is 2. The number of rotatable bonds is 4. The summed E-state index contributed by atoms with van der Waals surface area (Å²) in [6, 6.07) is 1.21. The largest absolute Gasteiger partial charge is 0.381 e. The van der Waals surface area contributed by atoms with Crippen LogP contribution in [0.15, 0.2) is 0 Å². The van der Waals surface area contributed by atoms with Gasteiger partial charge in [0.05, 0.1) is 6.10 Å². The first-order chi connectivity index (χ1) is 9.10. The standard InChI is InChI=1S/C15H31N3O/c1-12-6-4-7-13(2)18(12)17-15(11-16)9-5-8-14(10-15)19-3/h12-14,17H,4-11,16H2,1-3H3. The summed E-state index contributed by atoms with van der Waals surface area (Å²) in [6.07, 6.45) is 8.86. The molecule has 0 aromatic rings. The molecular weight excluding hydrogens is 238 g/mol. The molecule has 0 aromatic heterocycles. The number of nitrogens with two attached hydrogens (primary N) is 1. The average Bonchev–Trinajstić information content (AvgIpc) is 2.43. The van der Waals surface area contributed by atoms with Gasteiger partial charge in [0, 0.05) is 31.3 Å². The third kappa shape index (κ3) is 3.48. The van der Waals surface area contributed by atoms with Crippen LogP contribution in [0.2, 0.25) is 0 Å². The lowest BCUT2D eigenvalue weighted by molar-refractivity contribution is -0.0393. The summed E-state index contributed by atoms with van der Waals surface area (Å²) in [5.74, 6) is 0. The molecule has 1 aliphatic carbocycles. The number of piperidine rings is 1. The van der Waals surface area contributed by atoms with Crippen LogP contribution in [-0.2, 0) is 4.74 Å². The predicted molar refractivity (Wildman–Crippen MR) is 78.8 cm³/mol. The van der Waals surface area contributed by atoms with Crippen LogP contribution in [0, 0.1) is 0 Å². The zero-order chi connectivity index (χ0) is 13.9. The van der Waals surface area contributed by atoms with Crippen LogP contribution in [0.1, 0.15) is 58.8 Å². The van der Waals surface area contributed by atoms with Crippen molar-refractivity contribution < 1.29 is 4.74 Å². The first-order valence-corrected chi connectivity index (χ1v) is 7.89. The van der Waals surface area contributed by atoms with Crippen molar-refractivity contribution in [3.8, 4) is 0 Å². The molecule has 112 valence electrons. The number of methoxy groups -OCH3 is 1. The Hall–Kier alpha value is -0.160. The molecule has 4 atom stereocenters. The van der Waals surface area contributed by atoms with E-state index < -0.39 is 0 Å². The molecule has 0 spiro atoms. The molecule has 4 nitrogen and oxygen atoms in total. The number of hydrogen-bond acceptors (Lipinski definition) is 4. The second kappa shape index (κ2) is 6.53. The van der Waals surface area contributed by atoms with Crippen molar-refractivity contribution in [2.45, 2.75) is 82.5 Å². The Morgan fingerprint density at radius 2 is 1.89 bits per heavy atom. The maximum absolute atomic E-state index is 6.12. The third-order valence-corrected chi connectivity index (χ3v) is 5.08. The quantitative estimate of drug-likeness (QED) is 0.820. The Morgan fingerprint density at radius 3 is 2.47 bits per heavy atom. The maximum atomic E-state index is 6.12. The molecule has 1 heterocycles. The minimum Gasteiger partial charge on any atom is -0.381 e. The predicted octanol–water partition coefficient (Wildman–Crippen LogP) is 2.04. The highest BCUT2D eigenvalue weighted by molar-refractivity contribution is 4.96. The molecule has 0 amide bonds. The summed E-state index contributed by atoms with van der Waals surface area (Å²) in [5, 5.41) is 2.47. The van der Waals surface area contributed by atoms with Gasteiger partial charge in [-0.3, -0.25) is 0 Å². The average molecular weight is 269 g/mol. The van der Waals surface area contributed by atoms with Gasteiger partial charge in [0.1, 0.15) is 0 Å². The molecule has 4 unspecified atom stereocenters. The van der Waals surface area contributed by atoms with E-state index in [2.05, 4.69) is 24.3 Å². The van der Waals surface area contributed by atoms with Gasteiger partial charge in [0.2, 0.25) is 0 Å². The normalized spacial score (nSPS) is 41.4. The van der Waals surface area contributed by atoms with E-state index in [9.17, 15) is 0 Å². The van der Waals surface area contributed by atoms with Gasteiger partial charge in [-0.2, -0.15) is 0 Å². The molecule has 2 fully saturated rings. The van der Waals surface area contributed by atoms with Crippen LogP contribution < -0.4 is 11.2 Å². The fraction of sp³-hybridized carbons (Fsp3) is 1.00. The zero-order valence-corrected chi connectivity index (χ0v) is 12.8. The highest BCUT2D eigenvalue weighted by Crippen LogP contribution is 2.31. The van der Waals surface area contributed by atoms with E-state index in [1.165, 1.54) is 38.5 Å². The molecule has 1 saturated heterocycles. The van der Waals surface area contributed by atoms with Crippen molar-refractivity contribution in [3.63, 3.8) is 0 Å². The molecular formula is C15H31N3O. The van der Waals surface area contributed by atoms with Crippen molar-refractivity contribution in [1.29, 1.82) is 0 Å². The molecule has 0 aromatic carbocycles. The van der Waals surface area contributed by atoms with Crippen LogP contribution in [0.4, 0.5) is 0 Å². The van der Waals surface area contributed by atoms with E-state index in [1.807, 2.05) is 7.11 Å². The van der Waals surface area contributed by atoms with Gasteiger partial charge in [-0.25, -0.2) is 10.4 Å². The van der Waals surface area contributed by atoms with E-state index >= 15 is 0 Å². The summed E-state index contributed by atoms with van der Waals surface area (Å²) < 4.78 is 5.58. The van der Waals surface area contributed by atoms with Gasteiger partial charge in [-0.15, -0.1) is 0 Å². The molecule has 0 radical (unpaired) electrons. The fourth-order valence-corrected chi connectivity index (χ4v) is 3.76. The summed E-state index contributed by atoms with van der Waals surface area (Å²) in [4.78, 5) is 0. The zero-order valence-electron chi connectivity index (χ0n) is 12.8. The highest BCUT2D eigenvalue weighted by atomic mass is 16.5. The van der Waals surface area contributed by atoms with E-state index in [4.69, 9.17) is 10.5 Å². The topological polar surface area (TPSA) is 50.5 Å². The van der Waals surface area contributed by atoms with Gasteiger partial charge in [0.15, 0.2) is 0 Å². The van der Waals surface area contributed by atoms with Crippen LogP contribution >= 0.6 is 0 Å². The van der Waals surface area contributed by atoms with Crippen molar-refractivity contribution in [2.75, 3.05) is 13.7 Å². The Bertz CT molecular complexity index is 277. The Kier molecular flexibility index (Phi) is 5.23. The van der Waals surface area contributed by atoms with E-state index in [-0.39, 0.29) is 5.54 Å². The summed E-state index contributed by atoms with van der Waals surface area (Å²) in [5.41, 5.74) is 9.97. The van der Waals surface area contributed by atoms with E-state index in [0.717, 1.165) is 6.42 Å². The Morgan fingerprint density at radius 1 is 1.21 bits per heavy atom. The second-order valence-electron chi connectivity index (χ2n) is 6.59. The smallest absolute Gasteiger partial charge is 0.0590 e. The minimum absolute atomic E-state index is 0.0405. The SMILES string of the molecule is COC1CCCC(CN)(NN2C(C)CCCC2C)C1. The lowest BCUT2D eigenvalue weighted by Gasteiger charge is -2.48. The second-order valence-corrected chi connectivity index (χ2v) is 6.59. The van der Waals surface area contributed by atoms with Gasteiger partial charge in [0.25, 0.3) is 0 Å². The Labute approximate surface area is 118 Å². The lowest BCUT2D eigenvalue weighted by atomic mass is 9.80. The van der Waals surface area contributed by atoms with Crippen LogP contribution in [0.25, 0.3) is 0 Å². The van der Waals surface area contributed by atoms with Crippen molar-refractivity contribution in [1.82, 2.24) is 10.4 Å².